The highest BCUT2D eigenvalue weighted by Gasteiger charge is 2.62. The highest BCUT2D eigenvalue weighted by Crippen LogP contribution is 2.49. The van der Waals surface area contributed by atoms with Gasteiger partial charge in [0.1, 0.15) is 30.3 Å². The number of carbonyl (C=O) groups is 1. The predicted molar refractivity (Wildman–Crippen MR) is 153 cm³/mol. The third-order valence-corrected chi connectivity index (χ3v) is 8.92. The summed E-state index contributed by atoms with van der Waals surface area (Å²) in [6, 6.07) is 6.61. The van der Waals surface area contributed by atoms with Gasteiger partial charge in [0.25, 0.3) is 5.69 Å². The molecular formula is C27H33N6O10P. The van der Waals surface area contributed by atoms with Gasteiger partial charge in [-0.15, -0.1) is 0 Å². The van der Waals surface area contributed by atoms with Gasteiger partial charge in [-0.1, -0.05) is 26.7 Å². The van der Waals surface area contributed by atoms with E-state index in [9.17, 15) is 29.7 Å². The normalized spacial score (nSPS) is 23.6. The Balaban J connectivity index is 1.57. The maximum absolute atomic E-state index is 14.0. The minimum absolute atomic E-state index is 0.119. The molecule has 16 nitrogen and oxygen atoms in total. The van der Waals surface area contributed by atoms with Gasteiger partial charge in [0.05, 0.1) is 28.9 Å². The summed E-state index contributed by atoms with van der Waals surface area (Å²) in [4.78, 5) is 30.5. The summed E-state index contributed by atoms with van der Waals surface area (Å²) in [5.41, 5.74) is -1.62. The van der Waals surface area contributed by atoms with E-state index in [1.807, 2.05) is 13.8 Å². The number of rotatable bonds is 14. The molecular weight excluding hydrogens is 599 g/mol. The van der Waals surface area contributed by atoms with Crippen molar-refractivity contribution in [2.24, 2.45) is 5.92 Å². The molecule has 1 aromatic carbocycles. The molecule has 0 saturated carbocycles. The van der Waals surface area contributed by atoms with Crippen LogP contribution >= 0.6 is 7.75 Å². The van der Waals surface area contributed by atoms with E-state index in [4.69, 9.17) is 25.1 Å². The van der Waals surface area contributed by atoms with E-state index in [1.165, 1.54) is 36.1 Å². The van der Waals surface area contributed by atoms with Crippen molar-refractivity contribution >= 4 is 24.9 Å². The fourth-order valence-electron chi connectivity index (χ4n) is 4.54. The van der Waals surface area contributed by atoms with Gasteiger partial charge in [-0.05, 0) is 37.1 Å². The van der Waals surface area contributed by atoms with E-state index in [2.05, 4.69) is 20.0 Å². The summed E-state index contributed by atoms with van der Waals surface area (Å²) in [5, 5.41) is 39.5. The quantitative estimate of drug-likeness (QED) is 0.0770. The molecule has 0 bridgehead atoms. The monoisotopic (exact) mass is 632 g/mol. The molecule has 17 heteroatoms. The van der Waals surface area contributed by atoms with Crippen molar-refractivity contribution in [3.63, 3.8) is 0 Å². The number of nitrogens with one attached hydrogen (secondary N) is 1. The standard InChI is InChI=1S/C27H33N6O10P/c1-5-18(6-2)14-40-26(36)17(3)31-44(39,43-21-10-7-19(8-11-21)33(37)38)41-15-27(28-4)25(35)23(34)24(42-27)22-12-9-20-13-29-16-30-32(20)22/h7-13,16-18,23-25,34-35H,5-6,14-15H2,1-3H3,(H,31,39)/t17-,23-,24-,25-,27+,44?/m0/s1. The number of hydrogen-bond donors (Lipinski definition) is 3. The number of nitrogens with zero attached hydrogens (tertiary/aromatic N) is 5. The Kier molecular flexibility index (Phi) is 10.3. The van der Waals surface area contributed by atoms with E-state index < -0.39 is 55.3 Å². The van der Waals surface area contributed by atoms with Gasteiger partial charge in [0.15, 0.2) is 12.7 Å². The summed E-state index contributed by atoms with van der Waals surface area (Å²) in [6.45, 7) is 12.4. The van der Waals surface area contributed by atoms with Crippen LogP contribution in [0.5, 0.6) is 5.75 Å². The molecule has 236 valence electrons. The van der Waals surface area contributed by atoms with Crippen molar-refractivity contribution in [1.29, 1.82) is 0 Å². The fraction of sp³-hybridized carbons (Fsp3) is 0.481. The average molecular weight is 633 g/mol. The number of hydrogen-bond acceptors (Lipinski definition) is 12. The molecule has 0 amide bonds. The number of non-ortho nitro benzene ring substituents is 1. The van der Waals surface area contributed by atoms with E-state index in [0.717, 1.165) is 25.0 Å². The van der Waals surface area contributed by atoms with E-state index in [0.29, 0.717) is 11.2 Å². The lowest BCUT2D eigenvalue weighted by molar-refractivity contribution is -0.384. The Morgan fingerprint density at radius 2 is 1.98 bits per heavy atom. The van der Waals surface area contributed by atoms with Crippen LogP contribution in [-0.2, 0) is 23.4 Å². The Morgan fingerprint density at radius 1 is 1.27 bits per heavy atom. The summed E-state index contributed by atoms with van der Waals surface area (Å²) in [7, 11) is -4.59. The SMILES string of the molecule is [C-]#[N+][C@]1(COP(=O)(N[C@@H](C)C(=O)OCC(CC)CC)Oc2ccc([N+](=O)[O-])cc2)O[C@@H](c2ccc3cncnn23)[C@H](O)[C@@H]1O. The number of benzene rings is 1. The van der Waals surface area contributed by atoms with Gasteiger partial charge < -0.3 is 19.5 Å². The van der Waals surface area contributed by atoms with Crippen molar-refractivity contribution < 1.29 is 43.0 Å². The zero-order valence-corrected chi connectivity index (χ0v) is 25.1. The molecule has 44 heavy (non-hydrogen) atoms. The number of aliphatic hydroxyl groups is 2. The lowest BCUT2D eigenvalue weighted by Gasteiger charge is -2.26. The second-order valence-electron chi connectivity index (χ2n) is 10.2. The van der Waals surface area contributed by atoms with Gasteiger partial charge in [-0.2, -0.15) is 10.2 Å². The van der Waals surface area contributed by atoms with Gasteiger partial charge in [-0.25, -0.2) is 20.6 Å². The van der Waals surface area contributed by atoms with Crippen LogP contribution in [0.3, 0.4) is 0 Å². The van der Waals surface area contributed by atoms with Crippen molar-refractivity contribution in [3.8, 4) is 5.75 Å². The predicted octanol–water partition coefficient (Wildman–Crippen LogP) is 3.21. The van der Waals surface area contributed by atoms with Crippen molar-refractivity contribution in [1.82, 2.24) is 19.7 Å². The Morgan fingerprint density at radius 3 is 2.61 bits per heavy atom. The molecule has 3 aromatic rings. The zero-order valence-electron chi connectivity index (χ0n) is 24.2. The van der Waals surface area contributed by atoms with Gasteiger partial charge in [-0.3, -0.25) is 29.0 Å². The van der Waals surface area contributed by atoms with E-state index in [1.54, 1.807) is 12.1 Å². The average Bonchev–Trinajstić information content (AvgIpc) is 3.55. The molecule has 3 heterocycles. The number of ether oxygens (including phenoxy) is 2. The van der Waals surface area contributed by atoms with Crippen molar-refractivity contribution in [2.75, 3.05) is 13.2 Å². The van der Waals surface area contributed by atoms with Crippen LogP contribution in [0.15, 0.2) is 48.9 Å². The van der Waals surface area contributed by atoms with Crippen LogP contribution in [0, 0.1) is 22.6 Å². The van der Waals surface area contributed by atoms with Gasteiger partial charge in [0.2, 0.25) is 0 Å². The topological polar surface area (TPSA) is 201 Å². The van der Waals surface area contributed by atoms with E-state index >= 15 is 0 Å². The first-order valence-electron chi connectivity index (χ1n) is 13.8. The molecule has 3 N–H and O–H groups in total. The van der Waals surface area contributed by atoms with Gasteiger partial charge >= 0.3 is 19.4 Å². The molecule has 1 fully saturated rings. The smallest absolute Gasteiger partial charge is 0.459 e. The minimum atomic E-state index is -4.59. The second-order valence-corrected chi connectivity index (χ2v) is 11.9. The maximum atomic E-state index is 14.0. The Labute approximate surface area is 252 Å². The summed E-state index contributed by atoms with van der Waals surface area (Å²) < 4.78 is 37.8. The van der Waals surface area contributed by atoms with Crippen molar-refractivity contribution in [3.05, 3.63) is 76.1 Å². The molecule has 1 unspecified atom stereocenters. The number of nitro groups is 1. The summed E-state index contributed by atoms with van der Waals surface area (Å²) in [5.74, 6) is -0.734. The molecule has 2 aromatic heterocycles. The maximum Gasteiger partial charge on any atom is 0.459 e. The molecule has 0 aliphatic carbocycles. The molecule has 1 saturated heterocycles. The number of nitro benzene ring substituents is 1. The largest absolute Gasteiger partial charge is 0.464 e. The Bertz CT molecular complexity index is 1560. The number of esters is 1. The highest BCUT2D eigenvalue weighted by atomic mass is 31.2. The molecule has 6 atom stereocenters. The lowest BCUT2D eigenvalue weighted by Crippen LogP contribution is -2.45. The van der Waals surface area contributed by atoms with Crippen LogP contribution in [-0.4, -0.2) is 72.9 Å². The molecule has 1 aliphatic rings. The summed E-state index contributed by atoms with van der Waals surface area (Å²) >= 11 is 0. The van der Waals surface area contributed by atoms with Crippen LogP contribution in [0.25, 0.3) is 10.4 Å². The second kappa shape index (κ2) is 13.8. The first-order chi connectivity index (χ1) is 21.0. The van der Waals surface area contributed by atoms with Crippen LogP contribution < -0.4 is 9.61 Å². The van der Waals surface area contributed by atoms with Crippen LogP contribution in [0.1, 0.15) is 45.4 Å². The highest BCUT2D eigenvalue weighted by molar-refractivity contribution is 7.52. The molecule has 4 rings (SSSR count). The number of aromatic nitrogens is 3. The number of fused-ring (bicyclic) bond motifs is 1. The zero-order chi connectivity index (χ0) is 32.1. The molecule has 0 spiro atoms. The van der Waals surface area contributed by atoms with E-state index in [-0.39, 0.29) is 24.0 Å². The third-order valence-electron chi connectivity index (χ3n) is 7.30. The molecule has 0 radical (unpaired) electrons. The third kappa shape index (κ3) is 7.05. The fourth-order valence-corrected chi connectivity index (χ4v) is 6.06. The first kappa shape index (κ1) is 32.9. The summed E-state index contributed by atoms with van der Waals surface area (Å²) in [6.07, 6.45) is -0.300. The first-order valence-corrected chi connectivity index (χ1v) is 15.3. The van der Waals surface area contributed by atoms with Crippen molar-refractivity contribution in [2.45, 2.75) is 63.7 Å². The minimum Gasteiger partial charge on any atom is -0.464 e. The Hall–Kier alpha value is -3.97. The number of aliphatic hydroxyl groups excluding tert-OH is 2. The molecule has 1 aliphatic heterocycles. The lowest BCUT2D eigenvalue weighted by atomic mass is 10.0. The van der Waals surface area contributed by atoms with Gasteiger partial charge in [0, 0.05) is 12.1 Å². The van der Waals surface area contributed by atoms with Crippen LogP contribution in [0.2, 0.25) is 0 Å². The van der Waals surface area contributed by atoms with Crippen LogP contribution in [0.4, 0.5) is 5.69 Å². The number of carbonyl (C=O) groups excluding carboxylic acids is 1.